The molecule has 2 rings (SSSR count). The molecule has 0 saturated carbocycles. The van der Waals surface area contributed by atoms with E-state index >= 15 is 0 Å². The molecule has 112 valence electrons. The van der Waals surface area contributed by atoms with E-state index in [1.165, 1.54) is 12.8 Å². The standard InChI is InChI=1S/C15H26N4O/c1-5-20-15-12(4)14(17-10-18-15)19-8-6-7-13(19)9-16-11(2)3/h10-11,13,16H,5-9H2,1-4H3. The zero-order chi connectivity index (χ0) is 14.5. The summed E-state index contributed by atoms with van der Waals surface area (Å²) in [5, 5.41) is 3.53. The fourth-order valence-electron chi connectivity index (χ4n) is 2.70. The summed E-state index contributed by atoms with van der Waals surface area (Å²) in [4.78, 5) is 11.1. The second-order valence-electron chi connectivity index (χ2n) is 5.61. The zero-order valence-corrected chi connectivity index (χ0v) is 13.0. The zero-order valence-electron chi connectivity index (χ0n) is 13.0. The van der Waals surface area contributed by atoms with Crippen molar-refractivity contribution < 1.29 is 4.74 Å². The Labute approximate surface area is 121 Å². The second-order valence-corrected chi connectivity index (χ2v) is 5.61. The Morgan fingerprint density at radius 1 is 1.45 bits per heavy atom. The van der Waals surface area contributed by atoms with Crippen LogP contribution in [0.3, 0.4) is 0 Å². The molecule has 5 nitrogen and oxygen atoms in total. The lowest BCUT2D eigenvalue weighted by atomic mass is 10.2. The Morgan fingerprint density at radius 2 is 2.25 bits per heavy atom. The van der Waals surface area contributed by atoms with E-state index in [9.17, 15) is 0 Å². The average Bonchev–Trinajstić information content (AvgIpc) is 2.87. The van der Waals surface area contributed by atoms with Crippen LogP contribution < -0.4 is 15.0 Å². The van der Waals surface area contributed by atoms with Gasteiger partial charge < -0.3 is 15.0 Å². The second kappa shape index (κ2) is 6.88. The summed E-state index contributed by atoms with van der Waals surface area (Å²) in [6.45, 7) is 11.1. The van der Waals surface area contributed by atoms with Gasteiger partial charge in [0, 0.05) is 25.2 Å². The summed E-state index contributed by atoms with van der Waals surface area (Å²) >= 11 is 0. The summed E-state index contributed by atoms with van der Waals surface area (Å²) in [5.41, 5.74) is 1.05. The van der Waals surface area contributed by atoms with Crippen LogP contribution in [0.1, 0.15) is 39.2 Å². The predicted octanol–water partition coefficient (Wildman–Crippen LogP) is 2.15. The summed E-state index contributed by atoms with van der Waals surface area (Å²) < 4.78 is 5.58. The van der Waals surface area contributed by atoms with E-state index in [0.29, 0.717) is 24.6 Å². The summed E-state index contributed by atoms with van der Waals surface area (Å²) in [6.07, 6.45) is 4.05. The number of aromatic nitrogens is 2. The van der Waals surface area contributed by atoms with Gasteiger partial charge in [-0.15, -0.1) is 0 Å². The van der Waals surface area contributed by atoms with Gasteiger partial charge in [-0.3, -0.25) is 0 Å². The topological polar surface area (TPSA) is 50.3 Å². The fourth-order valence-corrected chi connectivity index (χ4v) is 2.70. The minimum absolute atomic E-state index is 0.514. The van der Waals surface area contributed by atoms with Crippen LogP contribution in [-0.2, 0) is 0 Å². The first-order valence-corrected chi connectivity index (χ1v) is 7.57. The summed E-state index contributed by atoms with van der Waals surface area (Å²) in [6, 6.07) is 1.03. The third kappa shape index (κ3) is 3.39. The van der Waals surface area contributed by atoms with E-state index in [4.69, 9.17) is 4.74 Å². The highest BCUT2D eigenvalue weighted by atomic mass is 16.5. The first kappa shape index (κ1) is 15.0. The molecule has 1 saturated heterocycles. The number of anilines is 1. The largest absolute Gasteiger partial charge is 0.478 e. The van der Waals surface area contributed by atoms with Gasteiger partial charge in [-0.2, -0.15) is 0 Å². The molecule has 1 aliphatic rings. The molecule has 0 aliphatic carbocycles. The van der Waals surface area contributed by atoms with E-state index in [-0.39, 0.29) is 0 Å². The quantitative estimate of drug-likeness (QED) is 0.864. The highest BCUT2D eigenvalue weighted by Gasteiger charge is 2.27. The minimum atomic E-state index is 0.514. The Kier molecular flexibility index (Phi) is 5.17. The van der Waals surface area contributed by atoms with Gasteiger partial charge in [0.25, 0.3) is 0 Å². The molecule has 1 unspecified atom stereocenters. The van der Waals surface area contributed by atoms with Crippen molar-refractivity contribution in [3.63, 3.8) is 0 Å². The van der Waals surface area contributed by atoms with Crippen molar-refractivity contribution in [1.29, 1.82) is 0 Å². The molecule has 1 aromatic rings. The monoisotopic (exact) mass is 278 g/mol. The van der Waals surface area contributed by atoms with E-state index in [2.05, 4.69) is 34.0 Å². The lowest BCUT2D eigenvalue weighted by molar-refractivity contribution is 0.323. The average molecular weight is 278 g/mol. The van der Waals surface area contributed by atoms with Gasteiger partial charge in [0.05, 0.1) is 12.2 Å². The molecule has 0 aromatic carbocycles. The molecule has 5 heteroatoms. The van der Waals surface area contributed by atoms with Crippen molar-refractivity contribution >= 4 is 5.82 Å². The summed E-state index contributed by atoms with van der Waals surface area (Å²) in [7, 11) is 0. The van der Waals surface area contributed by atoms with Crippen LogP contribution >= 0.6 is 0 Å². The van der Waals surface area contributed by atoms with Crippen molar-refractivity contribution in [3.8, 4) is 5.88 Å². The number of hydrogen-bond donors (Lipinski definition) is 1. The molecule has 2 heterocycles. The Morgan fingerprint density at radius 3 is 2.95 bits per heavy atom. The van der Waals surface area contributed by atoms with Gasteiger partial charge in [0.2, 0.25) is 5.88 Å². The Hall–Kier alpha value is -1.36. The van der Waals surface area contributed by atoms with Crippen molar-refractivity contribution in [3.05, 3.63) is 11.9 Å². The molecule has 1 fully saturated rings. The van der Waals surface area contributed by atoms with Gasteiger partial charge in [-0.05, 0) is 26.7 Å². The smallest absolute Gasteiger partial charge is 0.221 e. The molecule has 20 heavy (non-hydrogen) atoms. The SMILES string of the molecule is CCOc1ncnc(N2CCCC2CNC(C)C)c1C. The van der Waals surface area contributed by atoms with Crippen LogP contribution in [0.5, 0.6) is 5.88 Å². The number of hydrogen-bond acceptors (Lipinski definition) is 5. The maximum atomic E-state index is 5.58. The van der Waals surface area contributed by atoms with Gasteiger partial charge in [-0.25, -0.2) is 9.97 Å². The normalized spacial score (nSPS) is 18.9. The van der Waals surface area contributed by atoms with Crippen molar-refractivity contribution in [1.82, 2.24) is 15.3 Å². The third-order valence-corrected chi connectivity index (χ3v) is 3.70. The molecular formula is C15H26N4O. The third-order valence-electron chi connectivity index (χ3n) is 3.70. The highest BCUT2D eigenvalue weighted by molar-refractivity contribution is 5.51. The molecule has 1 atom stereocenters. The van der Waals surface area contributed by atoms with E-state index in [1.807, 2.05) is 13.8 Å². The van der Waals surface area contributed by atoms with Crippen LogP contribution in [-0.4, -0.2) is 41.7 Å². The predicted molar refractivity (Wildman–Crippen MR) is 81.4 cm³/mol. The van der Waals surface area contributed by atoms with E-state index in [0.717, 1.165) is 24.5 Å². The molecular weight excluding hydrogens is 252 g/mol. The highest BCUT2D eigenvalue weighted by Crippen LogP contribution is 2.29. The van der Waals surface area contributed by atoms with Gasteiger partial charge in [0.1, 0.15) is 12.1 Å². The van der Waals surface area contributed by atoms with Crippen LogP contribution in [0, 0.1) is 6.92 Å². The van der Waals surface area contributed by atoms with Gasteiger partial charge >= 0.3 is 0 Å². The van der Waals surface area contributed by atoms with Crippen molar-refractivity contribution in [2.24, 2.45) is 0 Å². The summed E-state index contributed by atoms with van der Waals surface area (Å²) in [5.74, 6) is 1.73. The van der Waals surface area contributed by atoms with E-state index in [1.54, 1.807) is 6.33 Å². The first-order chi connectivity index (χ1) is 9.63. The van der Waals surface area contributed by atoms with Crippen LogP contribution in [0.15, 0.2) is 6.33 Å². The maximum absolute atomic E-state index is 5.58. The minimum Gasteiger partial charge on any atom is -0.478 e. The first-order valence-electron chi connectivity index (χ1n) is 7.57. The molecule has 1 aromatic heterocycles. The molecule has 0 bridgehead atoms. The fraction of sp³-hybridized carbons (Fsp3) is 0.733. The Balaban J connectivity index is 2.15. The number of rotatable bonds is 6. The molecule has 0 spiro atoms. The van der Waals surface area contributed by atoms with Crippen molar-refractivity contribution in [2.45, 2.75) is 52.6 Å². The lowest BCUT2D eigenvalue weighted by Crippen LogP contribution is -2.41. The van der Waals surface area contributed by atoms with Crippen LogP contribution in [0.25, 0.3) is 0 Å². The van der Waals surface area contributed by atoms with Gasteiger partial charge in [0.15, 0.2) is 0 Å². The lowest BCUT2D eigenvalue weighted by Gasteiger charge is -2.28. The number of nitrogens with zero attached hydrogens (tertiary/aromatic N) is 3. The molecule has 0 radical (unpaired) electrons. The van der Waals surface area contributed by atoms with E-state index < -0.39 is 0 Å². The number of nitrogens with one attached hydrogen (secondary N) is 1. The molecule has 0 amide bonds. The molecule has 1 aliphatic heterocycles. The Bertz CT molecular complexity index is 436. The van der Waals surface area contributed by atoms with Gasteiger partial charge in [-0.1, -0.05) is 13.8 Å². The number of ether oxygens (including phenoxy) is 1. The van der Waals surface area contributed by atoms with Crippen LogP contribution in [0.2, 0.25) is 0 Å². The van der Waals surface area contributed by atoms with Crippen LogP contribution in [0.4, 0.5) is 5.82 Å². The molecule has 1 N–H and O–H groups in total. The van der Waals surface area contributed by atoms with Crippen molar-refractivity contribution in [2.75, 3.05) is 24.6 Å². The maximum Gasteiger partial charge on any atom is 0.221 e.